The number of carboxylic acid groups (broad SMARTS) is 1. The summed E-state index contributed by atoms with van der Waals surface area (Å²) in [4.78, 5) is 22.8. The highest BCUT2D eigenvalue weighted by Gasteiger charge is 2.42. The molecule has 0 amide bonds. The lowest BCUT2D eigenvalue weighted by Crippen LogP contribution is -2.36. The van der Waals surface area contributed by atoms with Crippen molar-refractivity contribution in [3.8, 4) is 0 Å². The Morgan fingerprint density at radius 1 is 1.00 bits per heavy atom. The number of allylic oxidation sites excluding steroid dienone is 7. The standard InChI is InChI=1S/C30H39N3O2S/c34-30(35)29-31-18-22-19-33(17-16-32-14-7-2-1-3-8-15-32)20-25-23-12-9-13-24(23)26(27(25)28(22)36-29)21-10-5-4-6-11-21/h9,12-13,20-21,23H,1-8,10-11,14-19H2,(H,34,35). The lowest BCUT2D eigenvalue weighted by molar-refractivity contribution is -0.129. The summed E-state index contributed by atoms with van der Waals surface area (Å²) < 4.78 is 0. The topological polar surface area (TPSA) is 56.1 Å². The minimum absolute atomic E-state index is 0.249. The Hall–Kier alpha value is -2.05. The molecule has 1 atom stereocenters. The van der Waals surface area contributed by atoms with Gasteiger partial charge in [-0.2, -0.15) is 0 Å². The summed E-state index contributed by atoms with van der Waals surface area (Å²) in [6, 6.07) is 0. The van der Waals surface area contributed by atoms with E-state index < -0.39 is 5.97 Å². The Labute approximate surface area is 219 Å². The highest BCUT2D eigenvalue weighted by molar-refractivity contribution is 8.19. The first-order chi connectivity index (χ1) is 17.7. The van der Waals surface area contributed by atoms with Crippen molar-refractivity contribution < 1.29 is 9.90 Å². The zero-order chi connectivity index (χ0) is 24.5. The smallest absolute Gasteiger partial charge is 0.361 e. The van der Waals surface area contributed by atoms with Crippen LogP contribution in [-0.2, 0) is 4.79 Å². The maximum atomic E-state index is 11.9. The average Bonchev–Trinajstić information content (AvgIpc) is 3.41. The molecule has 6 aliphatic rings. The van der Waals surface area contributed by atoms with Crippen molar-refractivity contribution in [1.82, 2.24) is 9.80 Å². The molecule has 0 spiro atoms. The van der Waals surface area contributed by atoms with Crippen molar-refractivity contribution in [3.05, 3.63) is 57.2 Å². The molecule has 0 aromatic rings. The lowest BCUT2D eigenvalue weighted by Gasteiger charge is -2.29. The molecule has 1 N–H and O–H groups in total. The van der Waals surface area contributed by atoms with Crippen LogP contribution >= 0.6 is 11.8 Å². The van der Waals surface area contributed by atoms with E-state index in [1.54, 1.807) is 0 Å². The lowest BCUT2D eigenvalue weighted by atomic mass is 9.80. The Bertz CT molecular complexity index is 1080. The number of thioether (sulfide) groups is 1. The first kappa shape index (κ1) is 24.3. The van der Waals surface area contributed by atoms with Crippen molar-refractivity contribution >= 4 is 22.8 Å². The molecule has 6 heteroatoms. The Kier molecular flexibility index (Phi) is 7.25. The molecule has 36 heavy (non-hydrogen) atoms. The molecule has 0 aromatic carbocycles. The maximum Gasteiger partial charge on any atom is 0.361 e. The summed E-state index contributed by atoms with van der Waals surface area (Å²) in [5.41, 5.74) is 7.06. The molecule has 1 unspecified atom stereocenters. The summed E-state index contributed by atoms with van der Waals surface area (Å²) in [5, 5.41) is 10.0. The molecule has 0 radical (unpaired) electrons. The fraction of sp³-hybridized carbons (Fsp3) is 0.600. The monoisotopic (exact) mass is 505 g/mol. The molecule has 2 fully saturated rings. The number of carboxylic acids is 1. The fourth-order valence-electron chi connectivity index (χ4n) is 7.03. The van der Waals surface area contributed by atoms with Crippen LogP contribution in [0.3, 0.4) is 0 Å². The first-order valence-corrected chi connectivity index (χ1v) is 15.0. The predicted molar refractivity (Wildman–Crippen MR) is 148 cm³/mol. The highest BCUT2D eigenvalue weighted by Crippen LogP contribution is 2.55. The summed E-state index contributed by atoms with van der Waals surface area (Å²) >= 11 is 1.42. The molecule has 0 bridgehead atoms. The van der Waals surface area contributed by atoms with Gasteiger partial charge in [0.15, 0.2) is 5.04 Å². The molecule has 1 saturated carbocycles. The maximum absolute atomic E-state index is 11.9. The molecule has 3 aliphatic heterocycles. The normalized spacial score (nSPS) is 27.5. The van der Waals surface area contributed by atoms with Crippen molar-refractivity contribution in [1.29, 1.82) is 0 Å². The number of rotatable bonds is 5. The molecule has 5 nitrogen and oxygen atoms in total. The van der Waals surface area contributed by atoms with Gasteiger partial charge in [0, 0.05) is 36.7 Å². The minimum Gasteiger partial charge on any atom is -0.476 e. The second-order valence-electron chi connectivity index (χ2n) is 11.2. The second-order valence-corrected chi connectivity index (χ2v) is 12.2. The van der Waals surface area contributed by atoms with Crippen LogP contribution in [0.4, 0.5) is 0 Å². The number of hydrogen-bond donors (Lipinski definition) is 1. The number of nitrogens with zero attached hydrogens (tertiary/aromatic N) is 3. The van der Waals surface area contributed by atoms with Gasteiger partial charge in [-0.05, 0) is 72.6 Å². The van der Waals surface area contributed by atoms with Crippen LogP contribution in [0.15, 0.2) is 62.2 Å². The third-order valence-corrected chi connectivity index (χ3v) is 10.0. The third-order valence-electron chi connectivity index (χ3n) is 8.84. The molecule has 1 saturated heterocycles. The number of fused-ring (bicyclic) bond motifs is 4. The Morgan fingerprint density at radius 3 is 2.53 bits per heavy atom. The Morgan fingerprint density at radius 2 is 1.75 bits per heavy atom. The van der Waals surface area contributed by atoms with Crippen LogP contribution in [0.2, 0.25) is 0 Å². The number of aliphatic imine (C=N–C) groups is 1. The molecular weight excluding hydrogens is 466 g/mol. The zero-order valence-electron chi connectivity index (χ0n) is 21.4. The molecule has 3 heterocycles. The largest absolute Gasteiger partial charge is 0.476 e. The van der Waals surface area contributed by atoms with Gasteiger partial charge >= 0.3 is 5.97 Å². The fourth-order valence-corrected chi connectivity index (χ4v) is 8.04. The van der Waals surface area contributed by atoms with Gasteiger partial charge in [-0.3, -0.25) is 4.99 Å². The predicted octanol–water partition coefficient (Wildman–Crippen LogP) is 5.94. The average molecular weight is 506 g/mol. The number of carbonyl (C=O) groups is 1. The summed E-state index contributed by atoms with van der Waals surface area (Å²) in [5.74, 6) is 0.00970. The van der Waals surface area contributed by atoms with E-state index in [4.69, 9.17) is 0 Å². The molecule has 3 aliphatic carbocycles. The second kappa shape index (κ2) is 10.7. The highest BCUT2D eigenvalue weighted by atomic mass is 32.2. The van der Waals surface area contributed by atoms with Crippen molar-refractivity contribution in [2.45, 2.75) is 64.2 Å². The van der Waals surface area contributed by atoms with Crippen LogP contribution in [-0.4, -0.2) is 65.2 Å². The Balaban J connectivity index is 1.35. The van der Waals surface area contributed by atoms with Gasteiger partial charge in [0.2, 0.25) is 0 Å². The van der Waals surface area contributed by atoms with Gasteiger partial charge in [-0.25, -0.2) is 4.79 Å². The zero-order valence-corrected chi connectivity index (χ0v) is 22.2. The quantitative estimate of drug-likeness (QED) is 0.501. The van der Waals surface area contributed by atoms with E-state index in [-0.39, 0.29) is 5.04 Å². The van der Waals surface area contributed by atoms with Gasteiger partial charge < -0.3 is 14.9 Å². The van der Waals surface area contributed by atoms with Gasteiger partial charge in [0.25, 0.3) is 0 Å². The van der Waals surface area contributed by atoms with Crippen molar-refractivity contribution in [3.63, 3.8) is 0 Å². The van der Waals surface area contributed by atoms with Crippen LogP contribution in [0.1, 0.15) is 64.2 Å². The van der Waals surface area contributed by atoms with Crippen LogP contribution in [0.25, 0.3) is 0 Å². The molecular formula is C30H39N3O2S. The SMILES string of the molecule is O=C(O)C1=NCC2=C(S1)C1=C(C3CCCCC3)C3=CC=CC3C1=CN(CCN1CCCCCCC1)C2. The minimum atomic E-state index is -0.896. The van der Waals surface area contributed by atoms with Gasteiger partial charge in [0.1, 0.15) is 0 Å². The van der Waals surface area contributed by atoms with Crippen molar-refractivity contribution in [2.75, 3.05) is 39.3 Å². The van der Waals surface area contributed by atoms with E-state index >= 15 is 0 Å². The molecule has 192 valence electrons. The summed E-state index contributed by atoms with van der Waals surface area (Å²) in [7, 11) is 0. The van der Waals surface area contributed by atoms with Gasteiger partial charge in [-0.15, -0.1) is 0 Å². The number of aliphatic carboxylic acids is 1. The van der Waals surface area contributed by atoms with E-state index in [0.29, 0.717) is 18.4 Å². The van der Waals surface area contributed by atoms with E-state index in [9.17, 15) is 9.90 Å². The van der Waals surface area contributed by atoms with Gasteiger partial charge in [0.05, 0.1) is 6.54 Å². The van der Waals surface area contributed by atoms with E-state index in [0.717, 1.165) is 19.6 Å². The first-order valence-electron chi connectivity index (χ1n) is 14.2. The van der Waals surface area contributed by atoms with E-state index in [2.05, 4.69) is 39.2 Å². The molecule has 6 rings (SSSR count). The van der Waals surface area contributed by atoms with E-state index in [1.807, 2.05) is 0 Å². The van der Waals surface area contributed by atoms with Gasteiger partial charge in [-0.1, -0.05) is 68.5 Å². The van der Waals surface area contributed by atoms with E-state index in [1.165, 1.54) is 122 Å². The third kappa shape index (κ3) is 4.79. The van der Waals surface area contributed by atoms with Crippen LogP contribution in [0.5, 0.6) is 0 Å². The van der Waals surface area contributed by atoms with Crippen LogP contribution < -0.4 is 0 Å². The summed E-state index contributed by atoms with van der Waals surface area (Å²) in [6.07, 6.45) is 22.6. The number of likely N-dealkylation sites (tertiary alicyclic amines) is 1. The summed E-state index contributed by atoms with van der Waals surface area (Å²) in [6.45, 7) is 5.91. The molecule has 0 aromatic heterocycles. The van der Waals surface area contributed by atoms with Crippen molar-refractivity contribution in [2.24, 2.45) is 16.8 Å². The van der Waals surface area contributed by atoms with Crippen LogP contribution in [0, 0.1) is 11.8 Å². The number of hydrogen-bond acceptors (Lipinski definition) is 5.